The molecule has 0 unspecified atom stereocenters. The van der Waals surface area contributed by atoms with Crippen molar-refractivity contribution in [3.8, 4) is 0 Å². The Labute approximate surface area is 172 Å². The maximum absolute atomic E-state index is 12.6. The second-order valence-corrected chi connectivity index (χ2v) is 9.27. The summed E-state index contributed by atoms with van der Waals surface area (Å²) < 4.78 is 27.8. The number of methoxy groups -OCH3 is 1. The van der Waals surface area contributed by atoms with Gasteiger partial charge in [0.15, 0.2) is 0 Å². The molecule has 0 aromatic heterocycles. The molecule has 2 aliphatic rings. The van der Waals surface area contributed by atoms with E-state index >= 15 is 0 Å². The summed E-state index contributed by atoms with van der Waals surface area (Å²) in [5.74, 6) is -1.02. The highest BCUT2D eigenvalue weighted by atomic mass is 32.2. The molecule has 0 atom stereocenters. The van der Waals surface area contributed by atoms with Gasteiger partial charge in [0.2, 0.25) is 15.9 Å². The molecule has 0 bridgehead atoms. The number of benzene rings is 1. The van der Waals surface area contributed by atoms with Crippen molar-refractivity contribution in [1.29, 1.82) is 0 Å². The molecule has 3 amide bonds. The molecule has 156 valence electrons. The number of nitrogens with one attached hydrogen (secondary N) is 1. The number of carbonyl (C=O) groups is 3. The Kier molecular flexibility index (Phi) is 6.42. The van der Waals surface area contributed by atoms with Crippen molar-refractivity contribution < 1.29 is 27.5 Å². The van der Waals surface area contributed by atoms with Gasteiger partial charge < -0.3 is 10.1 Å². The number of hydrogen-bond acceptors (Lipinski definition) is 7. The monoisotopic (exact) mass is 439 g/mol. The fraction of sp³-hybridized carbons (Fsp3) is 0.389. The minimum Gasteiger partial charge on any atom is -0.381 e. The first-order valence-corrected chi connectivity index (χ1v) is 11.3. The van der Waals surface area contributed by atoms with E-state index in [0.717, 1.165) is 35.1 Å². The van der Waals surface area contributed by atoms with Crippen molar-refractivity contribution in [1.82, 2.24) is 4.90 Å². The van der Waals surface area contributed by atoms with E-state index in [2.05, 4.69) is 5.32 Å². The lowest BCUT2D eigenvalue weighted by Crippen LogP contribution is -2.36. The number of amides is 3. The first-order chi connectivity index (χ1) is 13.7. The predicted octanol–water partition coefficient (Wildman–Crippen LogP) is 1.81. The molecular weight excluding hydrogens is 418 g/mol. The topological polar surface area (TPSA) is 136 Å². The van der Waals surface area contributed by atoms with Gasteiger partial charge in [0.1, 0.15) is 6.54 Å². The van der Waals surface area contributed by atoms with Gasteiger partial charge in [-0.3, -0.25) is 19.3 Å². The third kappa shape index (κ3) is 5.04. The highest BCUT2D eigenvalue weighted by molar-refractivity contribution is 8.18. The van der Waals surface area contributed by atoms with E-state index in [-0.39, 0.29) is 11.0 Å². The minimum absolute atomic E-state index is 0.0868. The summed E-state index contributed by atoms with van der Waals surface area (Å²) in [5.41, 5.74) is 1.26. The van der Waals surface area contributed by atoms with Gasteiger partial charge in [0.25, 0.3) is 11.1 Å². The van der Waals surface area contributed by atoms with Crippen LogP contribution in [0.15, 0.2) is 39.6 Å². The highest BCUT2D eigenvalue weighted by Crippen LogP contribution is 2.38. The number of thioether (sulfide) groups is 1. The van der Waals surface area contributed by atoms with Crippen LogP contribution >= 0.6 is 11.8 Å². The van der Waals surface area contributed by atoms with Gasteiger partial charge in [-0.05, 0) is 61.7 Å². The number of rotatable bonds is 5. The van der Waals surface area contributed by atoms with Gasteiger partial charge in [-0.2, -0.15) is 0 Å². The van der Waals surface area contributed by atoms with E-state index in [1.165, 1.54) is 24.3 Å². The van der Waals surface area contributed by atoms with Crippen LogP contribution in [0.25, 0.3) is 0 Å². The number of imide groups is 1. The van der Waals surface area contributed by atoms with Gasteiger partial charge in [0.05, 0.1) is 15.9 Å². The third-order valence-corrected chi connectivity index (χ3v) is 6.80. The molecule has 1 aliphatic heterocycles. The quantitative estimate of drug-likeness (QED) is 0.668. The lowest BCUT2D eigenvalue weighted by molar-refractivity contribution is -0.127. The lowest BCUT2D eigenvalue weighted by Gasteiger charge is -2.23. The molecule has 29 heavy (non-hydrogen) atoms. The van der Waals surface area contributed by atoms with Crippen LogP contribution in [0.3, 0.4) is 0 Å². The van der Waals surface area contributed by atoms with E-state index in [1.54, 1.807) is 7.11 Å². The van der Waals surface area contributed by atoms with Gasteiger partial charge in [-0.25, -0.2) is 13.6 Å². The Morgan fingerprint density at radius 1 is 1.24 bits per heavy atom. The fourth-order valence-electron chi connectivity index (χ4n) is 3.23. The molecule has 1 aliphatic carbocycles. The number of anilines is 1. The van der Waals surface area contributed by atoms with Crippen LogP contribution in [0.5, 0.6) is 0 Å². The largest absolute Gasteiger partial charge is 0.381 e. The van der Waals surface area contributed by atoms with Gasteiger partial charge in [0, 0.05) is 12.8 Å². The van der Waals surface area contributed by atoms with Crippen molar-refractivity contribution >= 4 is 44.5 Å². The fourth-order valence-corrected chi connectivity index (χ4v) is 4.72. The highest BCUT2D eigenvalue weighted by Gasteiger charge is 2.38. The summed E-state index contributed by atoms with van der Waals surface area (Å²) in [6, 6.07) is 5.26. The summed E-state index contributed by atoms with van der Waals surface area (Å²) >= 11 is 0.866. The van der Waals surface area contributed by atoms with Crippen LogP contribution in [-0.4, -0.2) is 50.1 Å². The number of nitrogens with zero attached hydrogens (tertiary/aromatic N) is 1. The molecule has 1 saturated carbocycles. The first kappa shape index (κ1) is 21.5. The van der Waals surface area contributed by atoms with Crippen molar-refractivity contribution in [3.63, 3.8) is 0 Å². The Morgan fingerprint density at radius 2 is 1.86 bits per heavy atom. The molecule has 11 heteroatoms. The zero-order valence-corrected chi connectivity index (χ0v) is 17.3. The Bertz CT molecular complexity index is 962. The van der Waals surface area contributed by atoms with Crippen molar-refractivity contribution in [3.05, 3.63) is 34.7 Å². The molecule has 9 nitrogen and oxygen atoms in total. The Morgan fingerprint density at radius 3 is 2.41 bits per heavy atom. The van der Waals surface area contributed by atoms with Gasteiger partial charge in [-0.1, -0.05) is 5.57 Å². The predicted molar refractivity (Wildman–Crippen MR) is 107 cm³/mol. The number of primary sulfonamides is 1. The van der Waals surface area contributed by atoms with Crippen LogP contribution in [-0.2, 0) is 24.3 Å². The molecule has 2 fully saturated rings. The first-order valence-electron chi connectivity index (χ1n) is 8.90. The number of ether oxygens (including phenoxy) is 1. The number of sulfonamides is 1. The Balaban J connectivity index is 1.63. The number of hydrogen-bond donors (Lipinski definition) is 2. The maximum Gasteiger partial charge on any atom is 0.294 e. The molecule has 1 heterocycles. The van der Waals surface area contributed by atoms with Crippen LogP contribution < -0.4 is 10.5 Å². The standard InChI is InChI=1S/C18H21N3O6S2/c1-27-13-6-2-11(3-7-13)16-17(23)21(18(24)28-16)10-15(22)20-12-4-8-14(9-5-12)29(19,25)26/h4-5,8-9,13H,2-3,6-7,10H2,1H3,(H,20,22)(H2,19,25,26). The summed E-state index contributed by atoms with van der Waals surface area (Å²) in [6.45, 7) is -0.418. The zero-order chi connectivity index (χ0) is 21.2. The third-order valence-electron chi connectivity index (χ3n) is 4.81. The smallest absolute Gasteiger partial charge is 0.294 e. The number of carbonyl (C=O) groups excluding carboxylic acids is 3. The van der Waals surface area contributed by atoms with Crippen molar-refractivity contribution in [2.45, 2.75) is 36.7 Å². The van der Waals surface area contributed by atoms with E-state index < -0.39 is 33.6 Å². The van der Waals surface area contributed by atoms with Crippen molar-refractivity contribution in [2.75, 3.05) is 19.0 Å². The molecule has 3 N–H and O–H groups in total. The second kappa shape index (κ2) is 8.66. The van der Waals surface area contributed by atoms with Crippen molar-refractivity contribution in [2.24, 2.45) is 5.14 Å². The molecule has 1 aromatic rings. The van der Waals surface area contributed by atoms with Gasteiger partial charge >= 0.3 is 0 Å². The second-order valence-electron chi connectivity index (χ2n) is 6.74. The molecule has 1 aromatic carbocycles. The average molecular weight is 440 g/mol. The summed E-state index contributed by atoms with van der Waals surface area (Å²) in [7, 11) is -2.17. The van der Waals surface area contributed by atoms with Gasteiger partial charge in [-0.15, -0.1) is 0 Å². The number of nitrogens with two attached hydrogens (primary N) is 1. The lowest BCUT2D eigenvalue weighted by atomic mass is 9.92. The van der Waals surface area contributed by atoms with Crippen LogP contribution in [0, 0.1) is 0 Å². The van der Waals surface area contributed by atoms with E-state index in [0.29, 0.717) is 23.4 Å². The van der Waals surface area contributed by atoms with E-state index in [4.69, 9.17) is 9.88 Å². The Hall–Kier alpha value is -2.21. The van der Waals surface area contributed by atoms with Crippen LogP contribution in [0.1, 0.15) is 25.7 Å². The molecule has 0 spiro atoms. The SMILES string of the molecule is COC1CCC(=C2SC(=O)N(CC(=O)Nc3ccc(S(N)(=O)=O)cc3)C2=O)CC1. The molecule has 3 rings (SSSR count). The number of allylic oxidation sites excluding steroid dienone is 1. The van der Waals surface area contributed by atoms with E-state index in [1.807, 2.05) is 0 Å². The van der Waals surface area contributed by atoms with Crippen LogP contribution in [0.2, 0.25) is 0 Å². The molecular formula is C18H21N3O6S2. The normalized spacial score (nSPS) is 20.3. The summed E-state index contributed by atoms with van der Waals surface area (Å²) in [5, 5.41) is 7.08. The minimum atomic E-state index is -3.83. The molecule has 0 radical (unpaired) electrons. The summed E-state index contributed by atoms with van der Waals surface area (Å²) in [6.07, 6.45) is 3.14. The summed E-state index contributed by atoms with van der Waals surface area (Å²) in [4.78, 5) is 38.4. The van der Waals surface area contributed by atoms with Crippen LogP contribution in [0.4, 0.5) is 10.5 Å². The zero-order valence-electron chi connectivity index (χ0n) is 15.7. The maximum atomic E-state index is 12.6. The average Bonchev–Trinajstić information content (AvgIpc) is 2.96. The molecule has 1 saturated heterocycles. The van der Waals surface area contributed by atoms with E-state index in [9.17, 15) is 22.8 Å².